The highest BCUT2D eigenvalue weighted by Crippen LogP contribution is 2.38. The van der Waals surface area contributed by atoms with Crippen molar-refractivity contribution in [1.82, 2.24) is 14.8 Å². The summed E-state index contributed by atoms with van der Waals surface area (Å²) in [6.45, 7) is -0.129. The first-order valence-electron chi connectivity index (χ1n) is 11.1. The lowest BCUT2D eigenvalue weighted by molar-refractivity contribution is -0.118. The zero-order valence-corrected chi connectivity index (χ0v) is 18.7. The Bertz CT molecular complexity index is 1240. The normalized spacial score (nSPS) is 16.7. The first kappa shape index (κ1) is 21.5. The van der Waals surface area contributed by atoms with E-state index in [9.17, 15) is 4.79 Å². The molecule has 8 nitrogen and oxygen atoms in total. The monoisotopic (exact) mass is 455 g/mol. The van der Waals surface area contributed by atoms with E-state index in [1.165, 1.54) is 0 Å². The maximum Gasteiger partial charge on any atom is 0.264 e. The molecule has 2 heterocycles. The van der Waals surface area contributed by atoms with E-state index >= 15 is 0 Å². The van der Waals surface area contributed by atoms with E-state index in [1.54, 1.807) is 19.2 Å². The van der Waals surface area contributed by atoms with Gasteiger partial charge in [0.1, 0.15) is 11.5 Å². The van der Waals surface area contributed by atoms with Crippen LogP contribution in [-0.2, 0) is 4.79 Å². The van der Waals surface area contributed by atoms with E-state index in [0.29, 0.717) is 11.7 Å². The number of para-hydroxylation sites is 1. The molecule has 0 unspecified atom stereocenters. The van der Waals surface area contributed by atoms with Crippen LogP contribution in [0.2, 0.25) is 0 Å². The Labute approximate surface area is 197 Å². The zero-order valence-electron chi connectivity index (χ0n) is 18.7. The van der Waals surface area contributed by atoms with E-state index in [-0.39, 0.29) is 30.5 Å². The predicted octanol–water partition coefficient (Wildman–Crippen LogP) is 4.45. The Kier molecular flexibility index (Phi) is 6.11. The molecule has 2 atom stereocenters. The van der Waals surface area contributed by atoms with Gasteiger partial charge in [0.05, 0.1) is 19.2 Å². The van der Waals surface area contributed by atoms with Crippen LogP contribution in [0.15, 0.2) is 84.9 Å². The standard InChI is InChI=1S/C26H25N5O3/c1-33-20-14-12-19(13-15-20)23-16-22(18-8-4-2-5-9-18)27-26-29-25(30-31(23)26)28-24(32)17-34-21-10-6-3-7-11-21/h2-15,22-23H,16-17H2,1H3,(H2,27,28,29,30,32)/t22-,23+/m1/s1. The Morgan fingerprint density at radius 1 is 0.971 bits per heavy atom. The molecule has 5 rings (SSSR count). The van der Waals surface area contributed by atoms with E-state index in [4.69, 9.17) is 9.47 Å². The Morgan fingerprint density at radius 3 is 2.38 bits per heavy atom. The zero-order chi connectivity index (χ0) is 23.3. The van der Waals surface area contributed by atoms with Gasteiger partial charge in [0, 0.05) is 0 Å². The fourth-order valence-electron chi connectivity index (χ4n) is 4.06. The lowest BCUT2D eigenvalue weighted by Gasteiger charge is -2.31. The maximum atomic E-state index is 12.4. The molecular weight excluding hydrogens is 430 g/mol. The number of fused-ring (bicyclic) bond motifs is 1. The minimum Gasteiger partial charge on any atom is -0.497 e. The first-order chi connectivity index (χ1) is 16.7. The van der Waals surface area contributed by atoms with Gasteiger partial charge in [0.25, 0.3) is 11.9 Å². The number of rotatable bonds is 7. The number of nitrogens with one attached hydrogen (secondary N) is 2. The first-order valence-corrected chi connectivity index (χ1v) is 11.1. The third-order valence-corrected chi connectivity index (χ3v) is 5.76. The number of hydrogen-bond acceptors (Lipinski definition) is 6. The molecule has 172 valence electrons. The van der Waals surface area contributed by atoms with Gasteiger partial charge in [-0.2, -0.15) is 4.98 Å². The summed E-state index contributed by atoms with van der Waals surface area (Å²) in [5, 5.41) is 10.8. The number of carbonyl (C=O) groups is 1. The predicted molar refractivity (Wildman–Crippen MR) is 129 cm³/mol. The Morgan fingerprint density at radius 2 is 1.68 bits per heavy atom. The summed E-state index contributed by atoms with van der Waals surface area (Å²) in [5.41, 5.74) is 2.25. The van der Waals surface area contributed by atoms with Gasteiger partial charge in [0.2, 0.25) is 5.95 Å². The lowest BCUT2D eigenvalue weighted by atomic mass is 9.93. The second-order valence-electron chi connectivity index (χ2n) is 7.99. The third-order valence-electron chi connectivity index (χ3n) is 5.76. The topological polar surface area (TPSA) is 90.3 Å². The molecule has 0 spiro atoms. The summed E-state index contributed by atoms with van der Waals surface area (Å²) >= 11 is 0. The number of anilines is 2. The molecule has 1 aromatic heterocycles. The van der Waals surface area contributed by atoms with Crippen LogP contribution in [0.3, 0.4) is 0 Å². The number of benzene rings is 3. The van der Waals surface area contributed by atoms with Gasteiger partial charge in [-0.05, 0) is 41.8 Å². The van der Waals surface area contributed by atoms with Crippen LogP contribution in [0.1, 0.15) is 29.6 Å². The molecule has 1 aliphatic rings. The number of aromatic nitrogens is 3. The molecule has 34 heavy (non-hydrogen) atoms. The van der Waals surface area contributed by atoms with Gasteiger partial charge in [-0.1, -0.05) is 60.7 Å². The molecule has 0 saturated carbocycles. The fraction of sp³-hybridized carbons (Fsp3) is 0.192. The van der Waals surface area contributed by atoms with Gasteiger partial charge in [0.15, 0.2) is 6.61 Å². The molecule has 0 bridgehead atoms. The van der Waals surface area contributed by atoms with Gasteiger partial charge >= 0.3 is 0 Å². The second kappa shape index (κ2) is 9.66. The number of carbonyl (C=O) groups excluding carboxylic acids is 1. The largest absolute Gasteiger partial charge is 0.497 e. The summed E-state index contributed by atoms with van der Waals surface area (Å²) in [7, 11) is 1.65. The van der Waals surface area contributed by atoms with Crippen LogP contribution < -0.4 is 20.1 Å². The van der Waals surface area contributed by atoms with Crippen molar-refractivity contribution >= 4 is 17.8 Å². The summed E-state index contributed by atoms with van der Waals surface area (Å²) < 4.78 is 12.7. The van der Waals surface area contributed by atoms with Crippen molar-refractivity contribution in [2.75, 3.05) is 24.4 Å². The van der Waals surface area contributed by atoms with Gasteiger partial charge in [-0.15, -0.1) is 5.10 Å². The van der Waals surface area contributed by atoms with Crippen molar-refractivity contribution < 1.29 is 14.3 Å². The molecule has 3 aromatic carbocycles. The van der Waals surface area contributed by atoms with Crippen LogP contribution in [0.25, 0.3) is 0 Å². The number of methoxy groups -OCH3 is 1. The highest BCUT2D eigenvalue weighted by Gasteiger charge is 2.31. The maximum absolute atomic E-state index is 12.4. The van der Waals surface area contributed by atoms with E-state index in [0.717, 1.165) is 23.3 Å². The molecule has 1 aliphatic heterocycles. The number of ether oxygens (including phenoxy) is 2. The van der Waals surface area contributed by atoms with Crippen LogP contribution in [0, 0.1) is 0 Å². The minimum absolute atomic E-state index is 0.0509. The average molecular weight is 456 g/mol. The van der Waals surface area contributed by atoms with Crippen molar-refractivity contribution in [2.24, 2.45) is 0 Å². The lowest BCUT2D eigenvalue weighted by Crippen LogP contribution is -2.28. The highest BCUT2D eigenvalue weighted by atomic mass is 16.5. The van der Waals surface area contributed by atoms with Crippen molar-refractivity contribution in [1.29, 1.82) is 0 Å². The summed E-state index contributed by atoms with van der Waals surface area (Å²) in [6.07, 6.45) is 0.775. The quantitative estimate of drug-likeness (QED) is 0.428. The van der Waals surface area contributed by atoms with E-state index in [2.05, 4.69) is 32.8 Å². The molecule has 1 amide bonds. The van der Waals surface area contributed by atoms with Crippen LogP contribution in [-0.4, -0.2) is 34.4 Å². The van der Waals surface area contributed by atoms with Crippen LogP contribution in [0.4, 0.5) is 11.9 Å². The Hall–Kier alpha value is -4.33. The third kappa shape index (κ3) is 4.71. The molecular formula is C26H25N5O3. The van der Waals surface area contributed by atoms with Gasteiger partial charge < -0.3 is 14.8 Å². The van der Waals surface area contributed by atoms with Gasteiger partial charge in [-0.25, -0.2) is 4.68 Å². The number of amides is 1. The molecule has 8 heteroatoms. The summed E-state index contributed by atoms with van der Waals surface area (Å²) in [5.74, 6) is 1.92. The molecule has 2 N–H and O–H groups in total. The average Bonchev–Trinajstić information content (AvgIpc) is 3.30. The Balaban J connectivity index is 1.38. The molecule has 0 fully saturated rings. The highest BCUT2D eigenvalue weighted by molar-refractivity contribution is 5.90. The molecule has 4 aromatic rings. The molecule has 0 radical (unpaired) electrons. The fourth-order valence-corrected chi connectivity index (χ4v) is 4.06. The van der Waals surface area contributed by atoms with Crippen molar-refractivity contribution in [3.8, 4) is 11.5 Å². The van der Waals surface area contributed by atoms with Crippen molar-refractivity contribution in [3.05, 3.63) is 96.1 Å². The van der Waals surface area contributed by atoms with E-state index < -0.39 is 0 Å². The van der Waals surface area contributed by atoms with Gasteiger partial charge in [-0.3, -0.25) is 10.1 Å². The second-order valence-corrected chi connectivity index (χ2v) is 7.99. The summed E-state index contributed by atoms with van der Waals surface area (Å²) in [4.78, 5) is 17.0. The number of hydrogen-bond donors (Lipinski definition) is 2. The molecule has 0 saturated heterocycles. The smallest absolute Gasteiger partial charge is 0.264 e. The van der Waals surface area contributed by atoms with E-state index in [1.807, 2.05) is 65.3 Å². The van der Waals surface area contributed by atoms with Crippen molar-refractivity contribution in [2.45, 2.75) is 18.5 Å². The minimum atomic E-state index is -0.326. The number of nitrogens with zero attached hydrogens (tertiary/aromatic N) is 3. The molecule has 0 aliphatic carbocycles. The van der Waals surface area contributed by atoms with Crippen molar-refractivity contribution in [3.63, 3.8) is 0 Å². The summed E-state index contributed by atoms with van der Waals surface area (Å²) in [6, 6.07) is 27.4. The van der Waals surface area contributed by atoms with Crippen LogP contribution in [0.5, 0.6) is 11.5 Å². The van der Waals surface area contributed by atoms with Crippen LogP contribution >= 0.6 is 0 Å². The SMILES string of the molecule is COc1ccc([C@@H]2C[C@H](c3ccccc3)Nc3nc(NC(=O)COc4ccccc4)nn32)cc1.